The van der Waals surface area contributed by atoms with E-state index in [1.54, 1.807) is 16.5 Å². The third kappa shape index (κ3) is 5.58. The molecule has 1 saturated heterocycles. The minimum absolute atomic E-state index is 0.268. The first-order chi connectivity index (χ1) is 20.1. The highest BCUT2D eigenvalue weighted by atomic mass is 16.5. The van der Waals surface area contributed by atoms with Gasteiger partial charge in [-0.2, -0.15) is 5.26 Å². The van der Waals surface area contributed by atoms with Crippen LogP contribution in [0.15, 0.2) is 89.7 Å². The van der Waals surface area contributed by atoms with Gasteiger partial charge in [0.15, 0.2) is 5.75 Å². The first-order valence-electron chi connectivity index (χ1n) is 13.9. The number of nitrogens with zero attached hydrogens (tertiary/aromatic N) is 4. The zero-order chi connectivity index (χ0) is 28.2. The van der Waals surface area contributed by atoms with E-state index in [2.05, 4.69) is 11.4 Å². The van der Waals surface area contributed by atoms with Crippen LogP contribution in [0.2, 0.25) is 0 Å². The Bertz CT molecular complexity index is 1740. The molecule has 1 aliphatic rings. The van der Waals surface area contributed by atoms with Crippen LogP contribution in [-0.4, -0.2) is 40.5 Å². The minimum atomic E-state index is -0.268. The van der Waals surface area contributed by atoms with Crippen LogP contribution in [0, 0.1) is 24.2 Å². The molecule has 8 nitrogen and oxygen atoms in total. The number of hydrogen-bond donors (Lipinski definition) is 1. The smallest absolute Gasteiger partial charge is 0.351 e. The van der Waals surface area contributed by atoms with Gasteiger partial charge in [0.05, 0.1) is 30.5 Å². The molecule has 1 aliphatic heterocycles. The summed E-state index contributed by atoms with van der Waals surface area (Å²) < 4.78 is 15.4. The fraction of sp³-hybridized carbons (Fsp3) is 0.242. The van der Waals surface area contributed by atoms with E-state index in [0.717, 1.165) is 53.2 Å². The summed E-state index contributed by atoms with van der Waals surface area (Å²) in [4.78, 5) is 14.0. The Morgan fingerprint density at radius 3 is 2.46 bits per heavy atom. The standard InChI is InChI=1S/C33H31N5O3/c1-23-7-11-27(12-8-23)31-29(26-13-9-24(20-34)10-14-26)19-30(41-22-25-15-16-35-21-25)32-36-37(33(39)38(31)32)17-18-40-28-5-3-2-4-6-28/h2-14,19,25,35H,15-18,21-22H2,1H3/t25-/m1/s1. The molecule has 6 rings (SSSR count). The van der Waals surface area contributed by atoms with Crippen molar-refractivity contribution in [1.29, 1.82) is 5.26 Å². The monoisotopic (exact) mass is 545 g/mol. The summed E-state index contributed by atoms with van der Waals surface area (Å²) in [5.41, 5.74) is 5.20. The highest BCUT2D eigenvalue weighted by Crippen LogP contribution is 2.37. The molecule has 0 radical (unpaired) electrons. The predicted molar refractivity (Wildman–Crippen MR) is 158 cm³/mol. The van der Waals surface area contributed by atoms with E-state index in [1.807, 2.05) is 79.7 Å². The van der Waals surface area contributed by atoms with Crippen LogP contribution in [0.25, 0.3) is 28.0 Å². The van der Waals surface area contributed by atoms with Crippen LogP contribution in [0.4, 0.5) is 0 Å². The van der Waals surface area contributed by atoms with E-state index in [9.17, 15) is 10.1 Å². The maximum atomic E-state index is 14.0. The van der Waals surface area contributed by atoms with Crippen LogP contribution in [0.5, 0.6) is 11.5 Å². The summed E-state index contributed by atoms with van der Waals surface area (Å²) in [6.07, 6.45) is 1.04. The number of pyridine rings is 1. The Balaban J connectivity index is 1.49. The number of para-hydroxylation sites is 1. The average molecular weight is 546 g/mol. The molecule has 3 aromatic carbocycles. The summed E-state index contributed by atoms with van der Waals surface area (Å²) in [6, 6.07) is 29.2. The fourth-order valence-corrected chi connectivity index (χ4v) is 5.18. The van der Waals surface area contributed by atoms with Gasteiger partial charge in [-0.05, 0) is 61.3 Å². The molecule has 0 bridgehead atoms. The van der Waals surface area contributed by atoms with Gasteiger partial charge < -0.3 is 14.8 Å². The van der Waals surface area contributed by atoms with Crippen molar-refractivity contribution in [3.05, 3.63) is 107 Å². The van der Waals surface area contributed by atoms with Crippen LogP contribution in [0.1, 0.15) is 17.5 Å². The molecular weight excluding hydrogens is 514 g/mol. The minimum Gasteiger partial charge on any atom is -0.492 e. The number of hydrogen-bond acceptors (Lipinski definition) is 6. The molecule has 206 valence electrons. The maximum Gasteiger partial charge on any atom is 0.351 e. The number of fused-ring (bicyclic) bond motifs is 1. The second kappa shape index (κ2) is 11.7. The molecule has 0 unspecified atom stereocenters. The van der Waals surface area contributed by atoms with Gasteiger partial charge in [0.25, 0.3) is 0 Å². The lowest BCUT2D eigenvalue weighted by molar-refractivity contribution is 0.261. The zero-order valence-electron chi connectivity index (χ0n) is 22.9. The van der Waals surface area contributed by atoms with Gasteiger partial charge in [0.2, 0.25) is 5.65 Å². The SMILES string of the molecule is Cc1ccc(-c2c(-c3ccc(C#N)cc3)cc(OC[C@@H]3CCNC3)c3nn(CCOc4ccccc4)c(=O)n23)cc1. The molecule has 0 spiro atoms. The van der Waals surface area contributed by atoms with Crippen molar-refractivity contribution in [2.24, 2.45) is 5.92 Å². The van der Waals surface area contributed by atoms with E-state index >= 15 is 0 Å². The Morgan fingerprint density at radius 1 is 1.00 bits per heavy atom. The number of aryl methyl sites for hydroxylation is 1. The van der Waals surface area contributed by atoms with E-state index in [1.165, 1.54) is 4.68 Å². The first kappa shape index (κ1) is 26.4. The predicted octanol–water partition coefficient (Wildman–Crippen LogP) is 5.08. The normalized spacial score (nSPS) is 14.7. The zero-order valence-corrected chi connectivity index (χ0v) is 22.9. The van der Waals surface area contributed by atoms with E-state index in [4.69, 9.17) is 14.6 Å². The van der Waals surface area contributed by atoms with E-state index in [0.29, 0.717) is 36.1 Å². The van der Waals surface area contributed by atoms with Crippen molar-refractivity contribution in [2.75, 3.05) is 26.3 Å². The highest BCUT2D eigenvalue weighted by Gasteiger charge is 2.23. The van der Waals surface area contributed by atoms with Crippen LogP contribution in [0.3, 0.4) is 0 Å². The van der Waals surface area contributed by atoms with Crippen molar-refractivity contribution in [1.82, 2.24) is 19.5 Å². The van der Waals surface area contributed by atoms with Crippen molar-refractivity contribution in [3.8, 4) is 40.0 Å². The van der Waals surface area contributed by atoms with Gasteiger partial charge in [-0.25, -0.2) is 13.9 Å². The third-order valence-electron chi connectivity index (χ3n) is 7.42. The molecule has 1 fully saturated rings. The lowest BCUT2D eigenvalue weighted by Crippen LogP contribution is -2.25. The molecule has 0 saturated carbocycles. The van der Waals surface area contributed by atoms with Gasteiger partial charge in [-0.15, -0.1) is 5.10 Å². The summed E-state index contributed by atoms with van der Waals surface area (Å²) in [5.74, 6) is 1.67. The molecule has 1 N–H and O–H groups in total. The highest BCUT2D eigenvalue weighted by molar-refractivity contribution is 5.85. The molecule has 2 aromatic heterocycles. The van der Waals surface area contributed by atoms with Gasteiger partial charge in [-0.3, -0.25) is 0 Å². The number of nitriles is 1. The number of ether oxygens (including phenoxy) is 2. The topological polar surface area (TPSA) is 93.6 Å². The van der Waals surface area contributed by atoms with Crippen molar-refractivity contribution >= 4 is 5.65 Å². The Morgan fingerprint density at radius 2 is 1.76 bits per heavy atom. The Hall–Kier alpha value is -4.87. The molecule has 8 heteroatoms. The summed E-state index contributed by atoms with van der Waals surface area (Å²) in [6.45, 7) is 5.01. The first-order valence-corrected chi connectivity index (χ1v) is 13.9. The summed E-state index contributed by atoms with van der Waals surface area (Å²) in [5, 5.41) is 17.5. The van der Waals surface area contributed by atoms with E-state index < -0.39 is 0 Å². The van der Waals surface area contributed by atoms with E-state index in [-0.39, 0.29) is 12.2 Å². The van der Waals surface area contributed by atoms with Crippen LogP contribution in [-0.2, 0) is 6.54 Å². The second-order valence-electron chi connectivity index (χ2n) is 10.3. The molecule has 41 heavy (non-hydrogen) atoms. The van der Waals surface area contributed by atoms with Gasteiger partial charge in [0, 0.05) is 18.0 Å². The quantitative estimate of drug-likeness (QED) is 0.278. The second-order valence-corrected chi connectivity index (χ2v) is 10.3. The molecule has 3 heterocycles. The Labute approximate surface area is 238 Å². The largest absolute Gasteiger partial charge is 0.492 e. The average Bonchev–Trinajstić information content (AvgIpc) is 3.65. The number of rotatable bonds is 9. The lowest BCUT2D eigenvalue weighted by atomic mass is 9.97. The molecule has 5 aromatic rings. The van der Waals surface area contributed by atoms with Crippen molar-refractivity contribution in [3.63, 3.8) is 0 Å². The van der Waals surface area contributed by atoms with Crippen LogP contribution < -0.4 is 20.5 Å². The number of nitrogens with one attached hydrogen (secondary N) is 1. The van der Waals surface area contributed by atoms with Gasteiger partial charge in [-0.1, -0.05) is 60.2 Å². The van der Waals surface area contributed by atoms with Crippen molar-refractivity contribution < 1.29 is 9.47 Å². The van der Waals surface area contributed by atoms with Crippen molar-refractivity contribution in [2.45, 2.75) is 19.9 Å². The van der Waals surface area contributed by atoms with Gasteiger partial charge in [0.1, 0.15) is 12.4 Å². The van der Waals surface area contributed by atoms with Crippen LogP contribution >= 0.6 is 0 Å². The molecule has 0 aliphatic carbocycles. The summed E-state index contributed by atoms with van der Waals surface area (Å²) in [7, 11) is 0. The third-order valence-corrected chi connectivity index (χ3v) is 7.42. The maximum absolute atomic E-state index is 14.0. The summed E-state index contributed by atoms with van der Waals surface area (Å²) >= 11 is 0. The molecule has 0 amide bonds. The molecule has 1 atom stereocenters. The van der Waals surface area contributed by atoms with Gasteiger partial charge >= 0.3 is 5.69 Å². The fourth-order valence-electron chi connectivity index (χ4n) is 5.18. The number of benzene rings is 3. The lowest BCUT2D eigenvalue weighted by Gasteiger charge is -2.17. The molecular formula is C33H31N5O3. The Kier molecular flexibility index (Phi) is 7.52. The number of aromatic nitrogens is 3.